The van der Waals surface area contributed by atoms with Crippen LogP contribution in [0.5, 0.6) is 0 Å². The smallest absolute Gasteiger partial charge is 0.273 e. The number of thiazole rings is 1. The first-order valence-corrected chi connectivity index (χ1v) is 9.47. The number of carbonyl (C=O) groups excluding carboxylic acids is 1. The lowest BCUT2D eigenvalue weighted by Gasteiger charge is -2.32. The fourth-order valence-electron chi connectivity index (χ4n) is 4.05. The molecule has 4 heterocycles. The Morgan fingerprint density at radius 3 is 2.71 bits per heavy atom. The molecule has 2 aliphatic rings. The van der Waals surface area contributed by atoms with Gasteiger partial charge in [0.25, 0.3) is 5.91 Å². The molecule has 0 unspecified atom stereocenters. The van der Waals surface area contributed by atoms with Crippen molar-refractivity contribution in [1.82, 2.24) is 24.6 Å². The molecule has 4 rings (SSSR count). The maximum absolute atomic E-state index is 13.0. The summed E-state index contributed by atoms with van der Waals surface area (Å²) in [5, 5.41) is 6.93. The van der Waals surface area contributed by atoms with Crippen LogP contribution in [0.25, 0.3) is 10.6 Å². The first-order valence-electron chi connectivity index (χ1n) is 8.59. The maximum atomic E-state index is 13.0. The van der Waals surface area contributed by atoms with Crippen molar-refractivity contribution in [3.8, 4) is 10.6 Å². The van der Waals surface area contributed by atoms with Gasteiger partial charge in [-0.1, -0.05) is 0 Å². The van der Waals surface area contributed by atoms with Gasteiger partial charge in [-0.25, -0.2) is 4.98 Å². The van der Waals surface area contributed by atoms with E-state index in [0.29, 0.717) is 17.8 Å². The topological polar surface area (TPSA) is 54.3 Å². The van der Waals surface area contributed by atoms with Crippen LogP contribution in [0.1, 0.15) is 36.2 Å². The van der Waals surface area contributed by atoms with Gasteiger partial charge >= 0.3 is 0 Å². The van der Waals surface area contributed by atoms with Gasteiger partial charge in [0.2, 0.25) is 0 Å². The van der Waals surface area contributed by atoms with Crippen LogP contribution >= 0.6 is 11.3 Å². The van der Waals surface area contributed by atoms with Crippen LogP contribution < -0.4 is 0 Å². The van der Waals surface area contributed by atoms with Crippen molar-refractivity contribution in [2.24, 2.45) is 7.05 Å². The highest BCUT2D eigenvalue weighted by Gasteiger charge is 2.39. The van der Waals surface area contributed by atoms with E-state index in [1.165, 1.54) is 24.2 Å². The normalized spacial score (nSPS) is 24.8. The number of aryl methyl sites for hydroxylation is 1. The Hall–Kier alpha value is -1.73. The molecular formula is C17H23N5OS. The number of carbonyl (C=O) groups is 1. The van der Waals surface area contributed by atoms with Crippen LogP contribution in [0.15, 0.2) is 17.8 Å². The van der Waals surface area contributed by atoms with Gasteiger partial charge in [-0.15, -0.1) is 11.3 Å². The van der Waals surface area contributed by atoms with Crippen LogP contribution in [0.2, 0.25) is 0 Å². The van der Waals surface area contributed by atoms with Gasteiger partial charge < -0.3 is 9.80 Å². The molecule has 128 valence electrons. The second-order valence-electron chi connectivity index (χ2n) is 6.84. The molecule has 2 aromatic rings. The van der Waals surface area contributed by atoms with E-state index in [2.05, 4.69) is 26.9 Å². The van der Waals surface area contributed by atoms with Crippen LogP contribution in [0.3, 0.4) is 0 Å². The lowest BCUT2D eigenvalue weighted by atomic mass is 10.0. The van der Waals surface area contributed by atoms with Crippen molar-refractivity contribution >= 4 is 17.2 Å². The highest BCUT2D eigenvalue weighted by atomic mass is 32.1. The number of amides is 1. The fraction of sp³-hybridized carbons (Fsp3) is 0.588. The summed E-state index contributed by atoms with van der Waals surface area (Å²) in [4.78, 5) is 22.1. The molecule has 0 aliphatic carbocycles. The minimum Gasteiger partial charge on any atom is -0.333 e. The van der Waals surface area contributed by atoms with E-state index in [1.807, 2.05) is 18.6 Å². The average Bonchev–Trinajstić information content (AvgIpc) is 3.33. The molecule has 2 fully saturated rings. The van der Waals surface area contributed by atoms with Gasteiger partial charge in [-0.2, -0.15) is 5.10 Å². The number of hydrogen-bond donors (Lipinski definition) is 0. The van der Waals surface area contributed by atoms with Gasteiger partial charge in [0, 0.05) is 42.8 Å². The lowest BCUT2D eigenvalue weighted by Crippen LogP contribution is -2.47. The van der Waals surface area contributed by atoms with E-state index >= 15 is 0 Å². The number of hydrogen-bond acceptors (Lipinski definition) is 5. The van der Waals surface area contributed by atoms with Crippen molar-refractivity contribution in [2.75, 3.05) is 20.1 Å². The number of aromatic nitrogens is 3. The number of likely N-dealkylation sites (N-methyl/N-ethyl adjacent to an activating group) is 1. The number of nitrogens with zero attached hydrogens (tertiary/aromatic N) is 5. The Bertz CT molecular complexity index is 739. The monoisotopic (exact) mass is 345 g/mol. The molecule has 0 spiro atoms. The summed E-state index contributed by atoms with van der Waals surface area (Å²) in [5.41, 5.74) is 1.54. The quantitative estimate of drug-likeness (QED) is 0.856. The molecule has 0 aromatic carbocycles. The van der Waals surface area contributed by atoms with Crippen LogP contribution in [-0.2, 0) is 7.05 Å². The van der Waals surface area contributed by atoms with Gasteiger partial charge in [0.1, 0.15) is 10.7 Å². The second-order valence-corrected chi connectivity index (χ2v) is 7.70. The van der Waals surface area contributed by atoms with Gasteiger partial charge in [-0.3, -0.25) is 9.48 Å². The number of rotatable bonds is 3. The molecule has 2 saturated heterocycles. The van der Waals surface area contributed by atoms with E-state index < -0.39 is 0 Å². The maximum Gasteiger partial charge on any atom is 0.273 e. The third-order valence-electron chi connectivity index (χ3n) is 5.26. The molecular weight excluding hydrogens is 322 g/mol. The summed E-state index contributed by atoms with van der Waals surface area (Å²) in [6, 6.07) is 0.849. The SMILES string of the molecule is CN1CCC[C@H]1[C@@H]1CCCN1C(=O)c1csc(-c2cnn(C)c2)n1. The molecule has 0 N–H and O–H groups in total. The zero-order valence-electron chi connectivity index (χ0n) is 14.2. The zero-order chi connectivity index (χ0) is 16.7. The molecule has 0 bridgehead atoms. The van der Waals surface area contributed by atoms with Crippen molar-refractivity contribution < 1.29 is 4.79 Å². The standard InChI is InChI=1S/C17H23N5OS/c1-20-7-3-5-14(20)15-6-4-8-22(15)17(23)13-11-24-16(19-13)12-9-18-21(2)10-12/h9-11,14-15H,3-8H2,1-2H3/t14-,15-/m0/s1. The highest BCUT2D eigenvalue weighted by molar-refractivity contribution is 7.13. The molecule has 0 radical (unpaired) electrons. The van der Waals surface area contributed by atoms with E-state index in [4.69, 9.17) is 0 Å². The summed E-state index contributed by atoms with van der Waals surface area (Å²) in [5.74, 6) is 0.0872. The van der Waals surface area contributed by atoms with Crippen molar-refractivity contribution in [3.63, 3.8) is 0 Å². The van der Waals surface area contributed by atoms with Crippen LogP contribution in [0, 0.1) is 0 Å². The van der Waals surface area contributed by atoms with Crippen LogP contribution in [0.4, 0.5) is 0 Å². The molecule has 1 amide bonds. The van der Waals surface area contributed by atoms with E-state index in [-0.39, 0.29) is 5.91 Å². The Labute approximate surface area is 146 Å². The van der Waals surface area contributed by atoms with E-state index in [0.717, 1.165) is 36.5 Å². The Morgan fingerprint density at radius 1 is 1.21 bits per heavy atom. The Balaban J connectivity index is 1.54. The van der Waals surface area contributed by atoms with Crippen molar-refractivity contribution in [3.05, 3.63) is 23.5 Å². The average molecular weight is 345 g/mol. The summed E-state index contributed by atoms with van der Waals surface area (Å²) in [6.07, 6.45) is 8.36. The predicted octanol–water partition coefficient (Wildman–Crippen LogP) is 2.24. The lowest BCUT2D eigenvalue weighted by molar-refractivity contribution is 0.0659. The minimum atomic E-state index is 0.0872. The predicted molar refractivity (Wildman–Crippen MR) is 94.0 cm³/mol. The van der Waals surface area contributed by atoms with Gasteiger partial charge in [-0.05, 0) is 39.3 Å². The van der Waals surface area contributed by atoms with Crippen molar-refractivity contribution in [2.45, 2.75) is 37.8 Å². The summed E-state index contributed by atoms with van der Waals surface area (Å²) in [6.45, 7) is 2.00. The highest BCUT2D eigenvalue weighted by Crippen LogP contribution is 2.31. The molecule has 2 aromatic heterocycles. The Kier molecular flexibility index (Phi) is 4.14. The Morgan fingerprint density at radius 2 is 2.00 bits per heavy atom. The van der Waals surface area contributed by atoms with E-state index in [1.54, 1.807) is 10.9 Å². The molecule has 2 aliphatic heterocycles. The van der Waals surface area contributed by atoms with Gasteiger partial charge in [0.05, 0.1) is 6.20 Å². The molecule has 2 atom stereocenters. The van der Waals surface area contributed by atoms with Crippen molar-refractivity contribution in [1.29, 1.82) is 0 Å². The van der Waals surface area contributed by atoms with Crippen LogP contribution in [-0.4, -0.2) is 62.7 Å². The third-order valence-corrected chi connectivity index (χ3v) is 6.15. The van der Waals surface area contributed by atoms with E-state index in [9.17, 15) is 4.79 Å². The number of likely N-dealkylation sites (tertiary alicyclic amines) is 2. The summed E-state index contributed by atoms with van der Waals surface area (Å²) < 4.78 is 1.75. The largest absolute Gasteiger partial charge is 0.333 e. The summed E-state index contributed by atoms with van der Waals surface area (Å²) in [7, 11) is 4.07. The first kappa shape index (κ1) is 15.8. The molecule has 0 saturated carbocycles. The first-order chi connectivity index (χ1) is 11.6. The third kappa shape index (κ3) is 2.75. The summed E-state index contributed by atoms with van der Waals surface area (Å²) >= 11 is 1.51. The fourth-order valence-corrected chi connectivity index (χ4v) is 4.82. The second kappa shape index (κ2) is 6.29. The molecule has 7 heteroatoms. The molecule has 24 heavy (non-hydrogen) atoms. The zero-order valence-corrected chi connectivity index (χ0v) is 15.0. The minimum absolute atomic E-state index is 0.0872. The molecule has 6 nitrogen and oxygen atoms in total. The van der Waals surface area contributed by atoms with Gasteiger partial charge in [0.15, 0.2) is 0 Å².